The van der Waals surface area contributed by atoms with Gasteiger partial charge in [-0.2, -0.15) is 0 Å². The van der Waals surface area contributed by atoms with Crippen LogP contribution in [0.1, 0.15) is 36.1 Å². The summed E-state index contributed by atoms with van der Waals surface area (Å²) in [5.41, 5.74) is 5.00. The van der Waals surface area contributed by atoms with Gasteiger partial charge in [0.25, 0.3) is 0 Å². The van der Waals surface area contributed by atoms with Crippen LogP contribution in [-0.2, 0) is 14.6 Å². The van der Waals surface area contributed by atoms with Gasteiger partial charge in [-0.1, -0.05) is 29.0 Å². The zero-order valence-corrected chi connectivity index (χ0v) is 16.4. The van der Waals surface area contributed by atoms with Crippen LogP contribution in [0.5, 0.6) is 5.88 Å². The SMILES string of the molecule is CC(=O)NC1(c2ccnc(OC(C)=O)c2)NC(c2cc(C)cc(C)c2)=CS1. The maximum absolute atomic E-state index is 11.9. The molecule has 1 atom stereocenters. The number of thioether (sulfide) groups is 1. The van der Waals surface area contributed by atoms with Crippen LogP contribution in [0, 0.1) is 13.8 Å². The van der Waals surface area contributed by atoms with Gasteiger partial charge >= 0.3 is 5.97 Å². The number of ether oxygens (including phenoxy) is 1. The molecule has 27 heavy (non-hydrogen) atoms. The van der Waals surface area contributed by atoms with Crippen molar-refractivity contribution in [3.05, 3.63) is 64.2 Å². The van der Waals surface area contributed by atoms with Gasteiger partial charge in [0.15, 0.2) is 4.99 Å². The van der Waals surface area contributed by atoms with Crippen molar-refractivity contribution in [2.24, 2.45) is 0 Å². The molecule has 0 radical (unpaired) electrons. The first-order valence-electron chi connectivity index (χ1n) is 8.46. The average Bonchev–Trinajstić information content (AvgIpc) is 2.98. The Morgan fingerprint density at radius 2 is 1.85 bits per heavy atom. The first-order chi connectivity index (χ1) is 12.8. The van der Waals surface area contributed by atoms with Crippen LogP contribution >= 0.6 is 11.8 Å². The number of esters is 1. The van der Waals surface area contributed by atoms with Crippen LogP contribution in [0.25, 0.3) is 5.70 Å². The van der Waals surface area contributed by atoms with Gasteiger partial charge in [-0.3, -0.25) is 9.59 Å². The van der Waals surface area contributed by atoms with Crippen molar-refractivity contribution in [2.75, 3.05) is 0 Å². The molecule has 2 N–H and O–H groups in total. The van der Waals surface area contributed by atoms with E-state index in [1.165, 1.54) is 25.6 Å². The normalized spacial score (nSPS) is 18.4. The number of carbonyl (C=O) groups excluding carboxylic acids is 2. The summed E-state index contributed by atoms with van der Waals surface area (Å²) in [6.07, 6.45) is 1.55. The Morgan fingerprint density at radius 1 is 1.15 bits per heavy atom. The van der Waals surface area contributed by atoms with Crippen LogP contribution in [-0.4, -0.2) is 16.9 Å². The standard InChI is InChI=1S/C20H21N3O3S/c1-12-7-13(2)9-16(8-12)18-11-27-20(23-18,22-14(3)24)17-5-6-21-19(10-17)26-15(4)25/h5-11,23H,1-4H3,(H,22,24). The van der Waals surface area contributed by atoms with Gasteiger partial charge < -0.3 is 15.4 Å². The Morgan fingerprint density at radius 3 is 2.48 bits per heavy atom. The smallest absolute Gasteiger partial charge is 0.309 e. The number of aromatic nitrogens is 1. The number of pyridine rings is 1. The summed E-state index contributed by atoms with van der Waals surface area (Å²) in [5.74, 6) is -0.447. The number of amides is 1. The van der Waals surface area contributed by atoms with E-state index in [4.69, 9.17) is 4.74 Å². The molecule has 1 amide bonds. The van der Waals surface area contributed by atoms with E-state index in [1.807, 2.05) is 5.41 Å². The summed E-state index contributed by atoms with van der Waals surface area (Å²) in [7, 11) is 0. The van der Waals surface area contributed by atoms with Crippen LogP contribution in [0.2, 0.25) is 0 Å². The quantitative estimate of drug-likeness (QED) is 0.789. The number of nitrogens with one attached hydrogen (secondary N) is 2. The highest BCUT2D eigenvalue weighted by atomic mass is 32.2. The van der Waals surface area contributed by atoms with Gasteiger partial charge in [-0.25, -0.2) is 4.98 Å². The summed E-state index contributed by atoms with van der Waals surface area (Å²) in [6.45, 7) is 6.89. The molecule has 0 bridgehead atoms. The molecular weight excluding hydrogens is 362 g/mol. The van der Waals surface area contributed by atoms with Crippen LogP contribution in [0.4, 0.5) is 0 Å². The third-order valence-corrected chi connectivity index (χ3v) is 5.09. The largest absolute Gasteiger partial charge is 0.408 e. The molecule has 0 spiro atoms. The minimum absolute atomic E-state index is 0.184. The van der Waals surface area contributed by atoms with E-state index in [0.717, 1.165) is 28.0 Å². The molecule has 0 aliphatic carbocycles. The third kappa shape index (κ3) is 4.31. The summed E-state index contributed by atoms with van der Waals surface area (Å²) in [6, 6.07) is 9.72. The van der Waals surface area contributed by atoms with E-state index in [2.05, 4.69) is 47.7 Å². The number of rotatable bonds is 4. The second-order valence-electron chi connectivity index (χ2n) is 6.49. The second-order valence-corrected chi connectivity index (χ2v) is 7.57. The number of nitrogens with zero attached hydrogens (tertiary/aromatic N) is 1. The van der Waals surface area contributed by atoms with Gasteiger partial charge in [-0.15, -0.1) is 0 Å². The molecule has 1 aliphatic heterocycles. The van der Waals surface area contributed by atoms with Crippen molar-refractivity contribution < 1.29 is 14.3 Å². The highest BCUT2D eigenvalue weighted by Crippen LogP contribution is 2.42. The maximum atomic E-state index is 11.9. The summed E-state index contributed by atoms with van der Waals surface area (Å²) in [4.78, 5) is 26.3. The molecular formula is C20H21N3O3S. The van der Waals surface area contributed by atoms with Gasteiger partial charge in [0.1, 0.15) is 0 Å². The minimum Gasteiger partial charge on any atom is -0.408 e. The van der Waals surface area contributed by atoms with Crippen molar-refractivity contribution in [1.82, 2.24) is 15.6 Å². The molecule has 1 unspecified atom stereocenters. The number of aryl methyl sites for hydroxylation is 2. The fourth-order valence-electron chi connectivity index (χ4n) is 3.02. The van der Waals surface area contributed by atoms with Crippen LogP contribution in [0.15, 0.2) is 41.9 Å². The Kier molecular flexibility index (Phi) is 5.23. The molecule has 0 saturated heterocycles. The van der Waals surface area contributed by atoms with E-state index in [1.54, 1.807) is 18.3 Å². The highest BCUT2D eigenvalue weighted by molar-refractivity contribution is 8.03. The second kappa shape index (κ2) is 7.44. The van der Waals surface area contributed by atoms with E-state index >= 15 is 0 Å². The third-order valence-electron chi connectivity index (χ3n) is 3.94. The number of hydrogen-bond donors (Lipinski definition) is 2. The van der Waals surface area contributed by atoms with Crippen molar-refractivity contribution in [3.63, 3.8) is 0 Å². The average molecular weight is 383 g/mol. The van der Waals surface area contributed by atoms with Crippen molar-refractivity contribution in [2.45, 2.75) is 32.7 Å². The fraction of sp³-hybridized carbons (Fsp3) is 0.250. The predicted molar refractivity (Wildman–Crippen MR) is 106 cm³/mol. The Labute approximate surface area is 162 Å². The lowest BCUT2D eigenvalue weighted by molar-refractivity contribution is -0.132. The molecule has 2 heterocycles. The summed E-state index contributed by atoms with van der Waals surface area (Å²) < 4.78 is 5.09. The van der Waals surface area contributed by atoms with Crippen molar-refractivity contribution in [1.29, 1.82) is 0 Å². The monoisotopic (exact) mass is 383 g/mol. The summed E-state index contributed by atoms with van der Waals surface area (Å²) in [5, 5.41) is 8.38. The zero-order chi connectivity index (χ0) is 19.6. The molecule has 0 saturated carbocycles. The van der Waals surface area contributed by atoms with Gasteiger partial charge in [0, 0.05) is 31.7 Å². The number of benzene rings is 1. The molecule has 140 valence electrons. The Hall–Kier alpha value is -2.80. The van der Waals surface area contributed by atoms with Gasteiger partial charge in [0.2, 0.25) is 11.8 Å². The molecule has 0 fully saturated rings. The zero-order valence-electron chi connectivity index (χ0n) is 15.6. The van der Waals surface area contributed by atoms with E-state index < -0.39 is 11.0 Å². The molecule has 1 aromatic heterocycles. The van der Waals surface area contributed by atoms with E-state index in [-0.39, 0.29) is 11.8 Å². The first-order valence-corrected chi connectivity index (χ1v) is 9.34. The Balaban J connectivity index is 1.96. The van der Waals surface area contributed by atoms with Crippen molar-refractivity contribution in [3.8, 4) is 5.88 Å². The van der Waals surface area contributed by atoms with E-state index in [9.17, 15) is 9.59 Å². The summed E-state index contributed by atoms with van der Waals surface area (Å²) >= 11 is 1.44. The molecule has 7 heteroatoms. The number of hydrogen-bond acceptors (Lipinski definition) is 6. The molecule has 1 aliphatic rings. The fourth-order valence-corrected chi connectivity index (χ4v) is 4.14. The topological polar surface area (TPSA) is 80.3 Å². The lowest BCUT2D eigenvalue weighted by Gasteiger charge is -2.31. The molecule has 2 aromatic rings. The highest BCUT2D eigenvalue weighted by Gasteiger charge is 2.39. The molecule has 6 nitrogen and oxygen atoms in total. The molecule has 1 aromatic carbocycles. The van der Waals surface area contributed by atoms with Gasteiger partial charge in [-0.05, 0) is 43.0 Å². The first kappa shape index (κ1) is 19.0. The Bertz CT molecular complexity index is 922. The van der Waals surface area contributed by atoms with Gasteiger partial charge in [0.05, 0.1) is 5.70 Å². The lowest BCUT2D eigenvalue weighted by atomic mass is 10.0. The minimum atomic E-state index is -0.906. The van der Waals surface area contributed by atoms with E-state index in [0.29, 0.717) is 0 Å². The predicted octanol–water partition coefficient (Wildman–Crippen LogP) is 3.21. The van der Waals surface area contributed by atoms with Crippen molar-refractivity contribution >= 4 is 29.3 Å². The number of carbonyl (C=O) groups is 2. The van der Waals surface area contributed by atoms with Crippen LogP contribution in [0.3, 0.4) is 0 Å². The maximum Gasteiger partial charge on any atom is 0.309 e. The van der Waals surface area contributed by atoms with Crippen LogP contribution < -0.4 is 15.4 Å². The lowest BCUT2D eigenvalue weighted by Crippen LogP contribution is -2.50. The molecule has 3 rings (SSSR count).